The van der Waals surface area contributed by atoms with Gasteiger partial charge in [-0.25, -0.2) is 4.79 Å². The summed E-state index contributed by atoms with van der Waals surface area (Å²) in [5, 5.41) is 8.96. The van der Waals surface area contributed by atoms with Crippen LogP contribution in [0.15, 0.2) is 30.3 Å². The van der Waals surface area contributed by atoms with Crippen LogP contribution in [0.25, 0.3) is 10.4 Å². The lowest BCUT2D eigenvalue weighted by atomic mass is 9.99. The van der Waals surface area contributed by atoms with Crippen LogP contribution in [0.4, 0.5) is 0 Å². The number of carboxylic acids is 1. The van der Waals surface area contributed by atoms with E-state index in [1.807, 2.05) is 18.2 Å². The first-order valence-electron chi connectivity index (χ1n) is 6.04. The van der Waals surface area contributed by atoms with E-state index in [9.17, 15) is 4.79 Å². The molecule has 2 rings (SSSR count). The zero-order chi connectivity index (χ0) is 14.0. The molecule has 0 bridgehead atoms. The molecule has 1 aromatic heterocycles. The summed E-state index contributed by atoms with van der Waals surface area (Å²) in [6.45, 7) is 4.22. The molecule has 19 heavy (non-hydrogen) atoms. The average molecular weight is 276 g/mol. The largest absolute Gasteiger partial charge is 0.496 e. The van der Waals surface area contributed by atoms with Crippen molar-refractivity contribution in [2.45, 2.75) is 19.8 Å². The maximum absolute atomic E-state index is 10.9. The van der Waals surface area contributed by atoms with Crippen LogP contribution < -0.4 is 4.74 Å². The fourth-order valence-corrected chi connectivity index (χ4v) is 2.79. The molecule has 3 nitrogen and oxygen atoms in total. The third kappa shape index (κ3) is 2.79. The summed E-state index contributed by atoms with van der Waals surface area (Å²) in [5.41, 5.74) is 2.16. The third-order valence-corrected chi connectivity index (χ3v) is 4.08. The lowest BCUT2D eigenvalue weighted by Gasteiger charge is -2.13. The SMILES string of the molecule is COc1ccc(-c2ccc(C(=O)O)s2)cc1C(C)C. The summed E-state index contributed by atoms with van der Waals surface area (Å²) in [6, 6.07) is 9.45. The molecular weight excluding hydrogens is 260 g/mol. The van der Waals surface area contributed by atoms with Crippen molar-refractivity contribution in [1.29, 1.82) is 0 Å². The molecule has 0 fully saturated rings. The van der Waals surface area contributed by atoms with E-state index in [0.717, 1.165) is 21.8 Å². The number of thiophene rings is 1. The van der Waals surface area contributed by atoms with Crippen molar-refractivity contribution < 1.29 is 14.6 Å². The minimum Gasteiger partial charge on any atom is -0.496 e. The molecule has 0 saturated carbocycles. The summed E-state index contributed by atoms with van der Waals surface area (Å²) in [7, 11) is 1.66. The molecule has 0 aliphatic carbocycles. The van der Waals surface area contributed by atoms with E-state index in [2.05, 4.69) is 19.9 Å². The Hall–Kier alpha value is -1.81. The quantitative estimate of drug-likeness (QED) is 0.908. The second-order valence-electron chi connectivity index (χ2n) is 4.58. The van der Waals surface area contributed by atoms with Gasteiger partial charge in [-0.05, 0) is 47.4 Å². The van der Waals surface area contributed by atoms with Crippen molar-refractivity contribution in [2.24, 2.45) is 0 Å². The van der Waals surface area contributed by atoms with Gasteiger partial charge in [0.2, 0.25) is 0 Å². The number of hydrogen-bond acceptors (Lipinski definition) is 3. The predicted octanol–water partition coefficient (Wildman–Crippen LogP) is 4.25. The summed E-state index contributed by atoms with van der Waals surface area (Å²) >= 11 is 1.29. The molecule has 0 saturated heterocycles. The van der Waals surface area contributed by atoms with Gasteiger partial charge in [0.1, 0.15) is 10.6 Å². The van der Waals surface area contributed by atoms with Crippen LogP contribution in [0.5, 0.6) is 5.75 Å². The zero-order valence-electron chi connectivity index (χ0n) is 11.1. The number of hydrogen-bond donors (Lipinski definition) is 1. The van der Waals surface area contributed by atoms with Gasteiger partial charge in [-0.1, -0.05) is 13.8 Å². The Balaban J connectivity index is 2.44. The van der Waals surface area contributed by atoms with Gasteiger partial charge in [0.05, 0.1) is 7.11 Å². The highest BCUT2D eigenvalue weighted by Gasteiger charge is 2.12. The van der Waals surface area contributed by atoms with Crippen molar-refractivity contribution in [3.05, 3.63) is 40.8 Å². The molecule has 1 N–H and O–H groups in total. The van der Waals surface area contributed by atoms with E-state index in [-0.39, 0.29) is 0 Å². The molecule has 0 amide bonds. The van der Waals surface area contributed by atoms with Gasteiger partial charge in [-0.2, -0.15) is 0 Å². The van der Waals surface area contributed by atoms with E-state index in [1.165, 1.54) is 11.3 Å². The molecule has 0 aliphatic rings. The summed E-state index contributed by atoms with van der Waals surface area (Å²) in [4.78, 5) is 12.2. The first-order chi connectivity index (χ1) is 9.02. The van der Waals surface area contributed by atoms with Crippen LogP contribution in [0, 0.1) is 0 Å². The maximum atomic E-state index is 10.9. The molecule has 0 spiro atoms. The van der Waals surface area contributed by atoms with Gasteiger partial charge in [0.15, 0.2) is 0 Å². The fraction of sp³-hybridized carbons (Fsp3) is 0.267. The van der Waals surface area contributed by atoms with E-state index in [4.69, 9.17) is 9.84 Å². The normalized spacial score (nSPS) is 10.7. The molecule has 0 radical (unpaired) electrons. The average Bonchev–Trinajstić information content (AvgIpc) is 2.87. The molecule has 4 heteroatoms. The summed E-state index contributed by atoms with van der Waals surface area (Å²) in [6.07, 6.45) is 0. The number of rotatable bonds is 4. The van der Waals surface area contributed by atoms with E-state index in [0.29, 0.717) is 10.8 Å². The molecule has 1 aromatic carbocycles. The highest BCUT2D eigenvalue weighted by atomic mass is 32.1. The molecule has 2 aromatic rings. The second kappa shape index (κ2) is 5.45. The first-order valence-corrected chi connectivity index (χ1v) is 6.86. The molecule has 100 valence electrons. The molecule has 0 aliphatic heterocycles. The van der Waals surface area contributed by atoms with Gasteiger partial charge >= 0.3 is 5.97 Å². The maximum Gasteiger partial charge on any atom is 0.345 e. The van der Waals surface area contributed by atoms with Crippen molar-refractivity contribution in [1.82, 2.24) is 0 Å². The zero-order valence-corrected chi connectivity index (χ0v) is 12.0. The second-order valence-corrected chi connectivity index (χ2v) is 5.66. The van der Waals surface area contributed by atoms with E-state index in [1.54, 1.807) is 13.2 Å². The topological polar surface area (TPSA) is 46.5 Å². The highest BCUT2D eigenvalue weighted by molar-refractivity contribution is 7.17. The smallest absolute Gasteiger partial charge is 0.345 e. The Bertz CT molecular complexity index is 599. The lowest BCUT2D eigenvalue weighted by molar-refractivity contribution is 0.0702. The number of ether oxygens (including phenoxy) is 1. The van der Waals surface area contributed by atoms with Crippen LogP contribution in [-0.4, -0.2) is 18.2 Å². The minimum atomic E-state index is -0.881. The number of carbonyl (C=O) groups is 1. The Labute approximate surface area is 116 Å². The van der Waals surface area contributed by atoms with E-state index >= 15 is 0 Å². The van der Waals surface area contributed by atoms with Crippen molar-refractivity contribution in [2.75, 3.05) is 7.11 Å². The van der Waals surface area contributed by atoms with Gasteiger partial charge < -0.3 is 9.84 Å². The van der Waals surface area contributed by atoms with Crippen LogP contribution >= 0.6 is 11.3 Å². The van der Waals surface area contributed by atoms with Crippen LogP contribution in [0.1, 0.15) is 35.0 Å². The van der Waals surface area contributed by atoms with Gasteiger partial charge in [-0.15, -0.1) is 11.3 Å². The van der Waals surface area contributed by atoms with Gasteiger partial charge in [0.25, 0.3) is 0 Å². The highest BCUT2D eigenvalue weighted by Crippen LogP contribution is 2.34. The number of aromatic carboxylic acids is 1. The van der Waals surface area contributed by atoms with E-state index < -0.39 is 5.97 Å². The lowest BCUT2D eigenvalue weighted by Crippen LogP contribution is -1.94. The Kier molecular flexibility index (Phi) is 3.90. The molecule has 0 atom stereocenters. The predicted molar refractivity (Wildman–Crippen MR) is 77.4 cm³/mol. The summed E-state index contributed by atoms with van der Waals surface area (Å²) in [5.74, 6) is 0.344. The third-order valence-electron chi connectivity index (χ3n) is 2.95. The summed E-state index contributed by atoms with van der Waals surface area (Å²) < 4.78 is 5.35. The number of benzene rings is 1. The standard InChI is InChI=1S/C15H16O3S/c1-9(2)11-8-10(4-5-12(11)18-3)13-6-7-14(19-13)15(16)17/h4-9H,1-3H3,(H,16,17). The monoisotopic (exact) mass is 276 g/mol. The number of carboxylic acid groups (broad SMARTS) is 1. The molecular formula is C15H16O3S. The Morgan fingerprint density at radius 1 is 1.26 bits per heavy atom. The Morgan fingerprint density at radius 3 is 2.53 bits per heavy atom. The molecule has 0 unspecified atom stereocenters. The fourth-order valence-electron chi connectivity index (χ4n) is 1.95. The van der Waals surface area contributed by atoms with Gasteiger partial charge in [0, 0.05) is 4.88 Å². The van der Waals surface area contributed by atoms with Crippen molar-refractivity contribution in [3.8, 4) is 16.2 Å². The van der Waals surface area contributed by atoms with Crippen molar-refractivity contribution in [3.63, 3.8) is 0 Å². The van der Waals surface area contributed by atoms with Crippen LogP contribution in [0.2, 0.25) is 0 Å². The van der Waals surface area contributed by atoms with Crippen LogP contribution in [0.3, 0.4) is 0 Å². The minimum absolute atomic E-state index is 0.355. The number of methoxy groups -OCH3 is 1. The van der Waals surface area contributed by atoms with Crippen molar-refractivity contribution >= 4 is 17.3 Å². The Morgan fingerprint density at radius 2 is 2.00 bits per heavy atom. The van der Waals surface area contributed by atoms with Crippen LogP contribution in [-0.2, 0) is 0 Å². The van der Waals surface area contributed by atoms with Gasteiger partial charge in [-0.3, -0.25) is 0 Å². The molecule has 1 heterocycles. The first kappa shape index (κ1) is 13.6.